The number of nitrogens with one attached hydrogen (secondary N) is 1. The molecule has 1 amide bonds. The van der Waals surface area contributed by atoms with E-state index < -0.39 is 11.9 Å². The average Bonchev–Trinajstić information content (AvgIpc) is 3.24. The van der Waals surface area contributed by atoms with Crippen molar-refractivity contribution in [2.45, 2.75) is 0 Å². The van der Waals surface area contributed by atoms with Crippen molar-refractivity contribution in [1.29, 1.82) is 0 Å². The van der Waals surface area contributed by atoms with Crippen molar-refractivity contribution in [3.63, 3.8) is 0 Å². The lowest BCUT2D eigenvalue weighted by Gasteiger charge is -2.08. The molecule has 3 aromatic rings. The highest BCUT2D eigenvalue weighted by atomic mass is 35.5. The number of rotatable bonds is 6. The number of hydrogen-bond donors (Lipinski definition) is 1. The first-order chi connectivity index (χ1) is 14.0. The molecule has 1 N–H and O–H groups in total. The first-order valence-corrected chi connectivity index (χ1v) is 9.59. The lowest BCUT2D eigenvalue weighted by atomic mass is 10.2. The third-order valence-corrected chi connectivity index (χ3v) is 5.22. The highest BCUT2D eigenvalue weighted by molar-refractivity contribution is 7.13. The van der Waals surface area contributed by atoms with Crippen molar-refractivity contribution in [3.05, 3.63) is 58.1 Å². The predicted octanol–water partition coefficient (Wildman–Crippen LogP) is 4.52. The van der Waals surface area contributed by atoms with Crippen LogP contribution in [0.25, 0.3) is 10.6 Å². The maximum atomic E-state index is 12.6. The molecular formula is C20H17ClN2O5S. The molecule has 150 valence electrons. The molecule has 29 heavy (non-hydrogen) atoms. The van der Waals surface area contributed by atoms with Crippen LogP contribution in [0.1, 0.15) is 20.8 Å². The van der Waals surface area contributed by atoms with Crippen LogP contribution in [0, 0.1) is 0 Å². The van der Waals surface area contributed by atoms with E-state index in [9.17, 15) is 9.59 Å². The monoisotopic (exact) mass is 432 g/mol. The zero-order valence-corrected chi connectivity index (χ0v) is 17.4. The predicted molar refractivity (Wildman–Crippen MR) is 111 cm³/mol. The van der Waals surface area contributed by atoms with Crippen LogP contribution in [-0.2, 0) is 4.74 Å². The van der Waals surface area contributed by atoms with Gasteiger partial charge in [0, 0.05) is 10.9 Å². The van der Waals surface area contributed by atoms with Crippen LogP contribution >= 0.6 is 22.9 Å². The van der Waals surface area contributed by atoms with Gasteiger partial charge >= 0.3 is 5.97 Å². The van der Waals surface area contributed by atoms with Crippen LogP contribution in [0.3, 0.4) is 0 Å². The Morgan fingerprint density at radius 2 is 1.79 bits per heavy atom. The van der Waals surface area contributed by atoms with E-state index in [1.54, 1.807) is 31.7 Å². The summed E-state index contributed by atoms with van der Waals surface area (Å²) in [6.07, 6.45) is 0. The Morgan fingerprint density at radius 1 is 1.03 bits per heavy atom. The summed E-state index contributed by atoms with van der Waals surface area (Å²) in [7, 11) is 4.39. The van der Waals surface area contributed by atoms with Gasteiger partial charge in [-0.05, 0) is 36.4 Å². The molecule has 0 fully saturated rings. The first-order valence-electron chi connectivity index (χ1n) is 8.34. The average molecular weight is 433 g/mol. The Morgan fingerprint density at radius 3 is 2.48 bits per heavy atom. The van der Waals surface area contributed by atoms with Crippen molar-refractivity contribution >= 4 is 40.5 Å². The molecule has 0 saturated heterocycles. The quantitative estimate of drug-likeness (QED) is 0.576. The number of thiazole rings is 1. The normalized spacial score (nSPS) is 10.3. The molecule has 0 unspecified atom stereocenters. The molecule has 1 heterocycles. The molecular weight excluding hydrogens is 416 g/mol. The molecule has 0 atom stereocenters. The van der Waals surface area contributed by atoms with Crippen LogP contribution in [-0.4, -0.2) is 38.2 Å². The van der Waals surface area contributed by atoms with Gasteiger partial charge in [0.1, 0.15) is 10.7 Å². The van der Waals surface area contributed by atoms with Gasteiger partial charge in [0.2, 0.25) is 0 Å². The molecule has 1 aromatic heterocycles. The minimum atomic E-state index is -0.526. The van der Waals surface area contributed by atoms with E-state index in [1.807, 2.05) is 6.07 Å². The zero-order chi connectivity index (χ0) is 21.0. The molecule has 2 aromatic carbocycles. The number of carbonyl (C=O) groups excluding carboxylic acids is 2. The second-order valence-electron chi connectivity index (χ2n) is 5.75. The second-order valence-corrected chi connectivity index (χ2v) is 7.01. The molecule has 0 spiro atoms. The van der Waals surface area contributed by atoms with Crippen molar-refractivity contribution < 1.29 is 23.8 Å². The fraction of sp³-hybridized carbons (Fsp3) is 0.150. The van der Waals surface area contributed by atoms with Gasteiger partial charge in [-0.3, -0.25) is 4.79 Å². The number of nitrogens with zero attached hydrogens (tertiary/aromatic N) is 1. The van der Waals surface area contributed by atoms with E-state index in [4.69, 9.17) is 21.1 Å². The van der Waals surface area contributed by atoms with Gasteiger partial charge in [0.25, 0.3) is 5.91 Å². The van der Waals surface area contributed by atoms with E-state index in [-0.39, 0.29) is 11.3 Å². The summed E-state index contributed by atoms with van der Waals surface area (Å²) < 4.78 is 15.2. The Hall–Kier alpha value is -3.10. The summed E-state index contributed by atoms with van der Waals surface area (Å²) in [4.78, 5) is 28.7. The minimum absolute atomic E-state index is 0.222. The molecule has 7 nitrogen and oxygen atoms in total. The maximum absolute atomic E-state index is 12.6. The highest BCUT2D eigenvalue weighted by Gasteiger charge is 2.16. The van der Waals surface area contributed by atoms with Crippen LogP contribution < -0.4 is 14.8 Å². The summed E-state index contributed by atoms with van der Waals surface area (Å²) in [5, 5.41) is 5.25. The van der Waals surface area contributed by atoms with Gasteiger partial charge in [-0.15, -0.1) is 11.3 Å². The number of carbonyl (C=O) groups is 2. The molecule has 0 aliphatic carbocycles. The molecule has 9 heteroatoms. The topological polar surface area (TPSA) is 86.8 Å². The summed E-state index contributed by atoms with van der Waals surface area (Å²) in [6.45, 7) is 0. The molecule has 3 rings (SSSR count). The standard InChI is InChI=1S/C20H17ClN2O5S/c1-26-16-7-5-11(9-17(16)27-2)19-23-15(10-29-19)18(24)22-14-8-12(20(25)28-3)4-6-13(14)21/h4-10H,1-3H3,(H,22,24). The fourth-order valence-electron chi connectivity index (χ4n) is 2.53. The van der Waals surface area contributed by atoms with Crippen LogP contribution in [0.5, 0.6) is 11.5 Å². The van der Waals surface area contributed by atoms with Crippen molar-refractivity contribution in [1.82, 2.24) is 4.98 Å². The number of ether oxygens (including phenoxy) is 3. The van der Waals surface area contributed by atoms with Gasteiger partial charge in [0.15, 0.2) is 11.5 Å². The highest BCUT2D eigenvalue weighted by Crippen LogP contribution is 2.33. The number of anilines is 1. The van der Waals surface area contributed by atoms with Crippen molar-refractivity contribution in [2.24, 2.45) is 0 Å². The third kappa shape index (κ3) is 4.49. The van der Waals surface area contributed by atoms with E-state index in [0.717, 1.165) is 5.56 Å². The van der Waals surface area contributed by atoms with E-state index in [0.29, 0.717) is 27.2 Å². The number of methoxy groups -OCH3 is 3. The van der Waals surface area contributed by atoms with Gasteiger partial charge in [-0.2, -0.15) is 0 Å². The largest absolute Gasteiger partial charge is 0.493 e. The van der Waals surface area contributed by atoms with Gasteiger partial charge in [-0.1, -0.05) is 11.6 Å². The van der Waals surface area contributed by atoms with Gasteiger partial charge in [-0.25, -0.2) is 9.78 Å². The number of halogens is 1. The summed E-state index contributed by atoms with van der Waals surface area (Å²) in [5.74, 6) is 0.196. The Labute approximate surface area is 176 Å². The lowest BCUT2D eigenvalue weighted by molar-refractivity contribution is 0.0600. The number of esters is 1. The Kier molecular flexibility index (Phi) is 6.36. The van der Waals surface area contributed by atoms with Crippen molar-refractivity contribution in [2.75, 3.05) is 26.6 Å². The first kappa shape index (κ1) is 20.6. The number of hydrogen-bond acceptors (Lipinski definition) is 7. The molecule has 0 bridgehead atoms. The van der Waals surface area contributed by atoms with E-state index >= 15 is 0 Å². The number of aromatic nitrogens is 1. The number of amides is 1. The summed E-state index contributed by atoms with van der Waals surface area (Å²) in [6, 6.07) is 9.87. The maximum Gasteiger partial charge on any atom is 0.337 e. The fourth-order valence-corrected chi connectivity index (χ4v) is 3.49. The molecule has 0 radical (unpaired) electrons. The van der Waals surface area contributed by atoms with E-state index in [1.165, 1.54) is 36.6 Å². The zero-order valence-electron chi connectivity index (χ0n) is 15.8. The third-order valence-electron chi connectivity index (χ3n) is 4.00. The van der Waals surface area contributed by atoms with Crippen LogP contribution in [0.2, 0.25) is 5.02 Å². The molecule has 0 saturated carbocycles. The Bertz CT molecular complexity index is 1070. The van der Waals surface area contributed by atoms with Gasteiger partial charge < -0.3 is 19.5 Å². The summed E-state index contributed by atoms with van der Waals surface area (Å²) in [5.41, 5.74) is 1.58. The molecule has 0 aliphatic heterocycles. The minimum Gasteiger partial charge on any atom is -0.493 e. The van der Waals surface area contributed by atoms with E-state index in [2.05, 4.69) is 15.0 Å². The van der Waals surface area contributed by atoms with Crippen molar-refractivity contribution in [3.8, 4) is 22.1 Å². The molecule has 0 aliphatic rings. The Balaban J connectivity index is 1.82. The lowest BCUT2D eigenvalue weighted by Crippen LogP contribution is -2.13. The second kappa shape index (κ2) is 8.93. The SMILES string of the molecule is COC(=O)c1ccc(Cl)c(NC(=O)c2csc(-c3ccc(OC)c(OC)c3)n2)c1. The van der Waals surface area contributed by atoms with Crippen LogP contribution in [0.4, 0.5) is 5.69 Å². The van der Waals surface area contributed by atoms with Crippen LogP contribution in [0.15, 0.2) is 41.8 Å². The van der Waals surface area contributed by atoms with Gasteiger partial charge in [0.05, 0.1) is 37.6 Å². The smallest absolute Gasteiger partial charge is 0.337 e. The number of benzene rings is 2. The summed E-state index contributed by atoms with van der Waals surface area (Å²) >= 11 is 7.44.